The van der Waals surface area contributed by atoms with Crippen LogP contribution in [0.4, 0.5) is 5.13 Å². The number of sulfone groups is 1. The highest BCUT2D eigenvalue weighted by atomic mass is 32.2. The van der Waals surface area contributed by atoms with Crippen molar-refractivity contribution in [3.8, 4) is 17.0 Å². The molecule has 6 nitrogen and oxygen atoms in total. The molecule has 8 heteroatoms. The maximum absolute atomic E-state index is 12.3. The first kappa shape index (κ1) is 20.0. The summed E-state index contributed by atoms with van der Waals surface area (Å²) in [5, 5.41) is 4.93. The topological polar surface area (TPSA) is 85.4 Å². The van der Waals surface area contributed by atoms with E-state index in [0.29, 0.717) is 5.13 Å². The third-order valence-electron chi connectivity index (χ3n) is 4.11. The summed E-state index contributed by atoms with van der Waals surface area (Å²) in [5.74, 6) is 0.118. The van der Waals surface area contributed by atoms with Gasteiger partial charge in [-0.1, -0.05) is 17.7 Å². The number of carbonyl (C=O) groups excluding carboxylic acids is 1. The fraction of sp³-hybridized carbons (Fsp3) is 0.200. The zero-order valence-electron chi connectivity index (χ0n) is 15.5. The summed E-state index contributed by atoms with van der Waals surface area (Å²) in [6, 6.07) is 14.0. The number of aromatic nitrogens is 1. The number of amides is 1. The standard InChI is InChI=1S/C20H20N2O4S2/c1-14-3-9-17(10-4-14)28(24,25)12-11-19(23)22-20-21-18(13-27-20)15-5-7-16(26-2)8-6-15/h3-10,13H,11-12H2,1-2H3,(H,21,22,23). The van der Waals surface area contributed by atoms with Gasteiger partial charge >= 0.3 is 0 Å². The number of anilines is 1. The van der Waals surface area contributed by atoms with E-state index in [2.05, 4.69) is 10.3 Å². The Morgan fingerprint density at radius 2 is 1.79 bits per heavy atom. The van der Waals surface area contributed by atoms with E-state index in [1.807, 2.05) is 36.6 Å². The molecule has 1 aromatic heterocycles. The molecular formula is C20H20N2O4S2. The minimum Gasteiger partial charge on any atom is -0.497 e. The third-order valence-corrected chi connectivity index (χ3v) is 6.60. The van der Waals surface area contributed by atoms with Crippen molar-refractivity contribution in [2.75, 3.05) is 18.2 Å². The number of ether oxygens (including phenoxy) is 1. The van der Waals surface area contributed by atoms with Gasteiger partial charge in [0.15, 0.2) is 15.0 Å². The molecule has 0 atom stereocenters. The van der Waals surface area contributed by atoms with Crippen molar-refractivity contribution in [3.05, 3.63) is 59.5 Å². The van der Waals surface area contributed by atoms with E-state index >= 15 is 0 Å². The lowest BCUT2D eigenvalue weighted by Crippen LogP contribution is -2.17. The number of thiazole rings is 1. The Balaban J connectivity index is 1.59. The van der Waals surface area contributed by atoms with E-state index in [0.717, 1.165) is 22.6 Å². The molecule has 0 aliphatic carbocycles. The summed E-state index contributed by atoms with van der Waals surface area (Å²) in [6.45, 7) is 1.89. The molecule has 0 spiro atoms. The summed E-state index contributed by atoms with van der Waals surface area (Å²) in [6.07, 6.45) is -0.131. The van der Waals surface area contributed by atoms with Crippen LogP contribution in [0.5, 0.6) is 5.75 Å². The van der Waals surface area contributed by atoms with Gasteiger partial charge in [0.25, 0.3) is 0 Å². The number of benzene rings is 2. The molecule has 0 unspecified atom stereocenters. The van der Waals surface area contributed by atoms with Gasteiger partial charge < -0.3 is 10.1 Å². The Labute approximate surface area is 168 Å². The number of rotatable bonds is 7. The van der Waals surface area contributed by atoms with Crippen LogP contribution in [0, 0.1) is 6.92 Å². The molecule has 0 fully saturated rings. The Kier molecular flexibility index (Phi) is 6.11. The quantitative estimate of drug-likeness (QED) is 0.631. The molecule has 146 valence electrons. The van der Waals surface area contributed by atoms with E-state index in [1.54, 1.807) is 31.4 Å². The lowest BCUT2D eigenvalue weighted by Gasteiger charge is -2.05. The fourth-order valence-corrected chi connectivity index (χ4v) is 4.47. The molecule has 2 aromatic carbocycles. The highest BCUT2D eigenvalue weighted by molar-refractivity contribution is 7.91. The lowest BCUT2D eigenvalue weighted by atomic mass is 10.2. The molecule has 3 rings (SSSR count). The van der Waals surface area contributed by atoms with Gasteiger partial charge in [0.1, 0.15) is 5.75 Å². The number of hydrogen-bond acceptors (Lipinski definition) is 6. The summed E-state index contributed by atoms with van der Waals surface area (Å²) in [4.78, 5) is 16.8. The van der Waals surface area contributed by atoms with Crippen LogP contribution in [0.3, 0.4) is 0 Å². The minimum absolute atomic E-state index is 0.131. The molecule has 0 saturated heterocycles. The lowest BCUT2D eigenvalue weighted by molar-refractivity contribution is -0.115. The van der Waals surface area contributed by atoms with Gasteiger partial charge in [0, 0.05) is 17.4 Å². The van der Waals surface area contributed by atoms with E-state index in [9.17, 15) is 13.2 Å². The Morgan fingerprint density at radius 1 is 1.11 bits per heavy atom. The van der Waals surface area contributed by atoms with Gasteiger partial charge in [-0.25, -0.2) is 13.4 Å². The van der Waals surface area contributed by atoms with Gasteiger partial charge in [0.2, 0.25) is 5.91 Å². The monoisotopic (exact) mass is 416 g/mol. The number of hydrogen-bond donors (Lipinski definition) is 1. The Hall–Kier alpha value is -2.71. The minimum atomic E-state index is -3.50. The normalized spacial score (nSPS) is 11.2. The second-order valence-corrected chi connectivity index (χ2v) is 9.16. The zero-order valence-corrected chi connectivity index (χ0v) is 17.1. The van der Waals surface area contributed by atoms with Crippen molar-refractivity contribution >= 4 is 32.2 Å². The van der Waals surface area contributed by atoms with Gasteiger partial charge in [0.05, 0.1) is 23.5 Å². The molecule has 0 aliphatic rings. The zero-order chi connectivity index (χ0) is 20.1. The first-order valence-corrected chi connectivity index (χ1v) is 11.1. The predicted octanol–water partition coefficient (Wildman–Crippen LogP) is 3.93. The largest absolute Gasteiger partial charge is 0.497 e. The summed E-state index contributed by atoms with van der Waals surface area (Å²) in [5.41, 5.74) is 2.61. The van der Waals surface area contributed by atoms with E-state index < -0.39 is 9.84 Å². The van der Waals surface area contributed by atoms with Crippen LogP contribution in [-0.4, -0.2) is 32.2 Å². The number of carbonyl (C=O) groups is 1. The van der Waals surface area contributed by atoms with E-state index in [1.165, 1.54) is 11.3 Å². The Bertz CT molecular complexity index is 1060. The van der Waals surface area contributed by atoms with Crippen LogP contribution in [0.25, 0.3) is 11.3 Å². The second kappa shape index (κ2) is 8.53. The van der Waals surface area contributed by atoms with Crippen LogP contribution in [0.2, 0.25) is 0 Å². The molecule has 0 saturated carbocycles. The van der Waals surface area contributed by atoms with Gasteiger partial charge in [-0.15, -0.1) is 11.3 Å². The van der Waals surface area contributed by atoms with Crippen LogP contribution >= 0.6 is 11.3 Å². The highest BCUT2D eigenvalue weighted by Gasteiger charge is 2.17. The molecule has 3 aromatic rings. The van der Waals surface area contributed by atoms with Crippen molar-refractivity contribution in [1.29, 1.82) is 0 Å². The Morgan fingerprint density at radius 3 is 2.43 bits per heavy atom. The van der Waals surface area contributed by atoms with Crippen molar-refractivity contribution in [2.45, 2.75) is 18.2 Å². The van der Waals surface area contributed by atoms with Gasteiger partial charge in [-0.2, -0.15) is 0 Å². The third kappa shape index (κ3) is 4.96. The van der Waals surface area contributed by atoms with Gasteiger partial charge in [-0.05, 0) is 43.3 Å². The molecule has 0 bridgehead atoms. The number of aryl methyl sites for hydroxylation is 1. The first-order valence-electron chi connectivity index (χ1n) is 8.56. The van der Waals surface area contributed by atoms with Crippen molar-refractivity contribution in [2.24, 2.45) is 0 Å². The molecule has 1 amide bonds. The number of methoxy groups -OCH3 is 1. The molecule has 1 heterocycles. The average Bonchev–Trinajstić information content (AvgIpc) is 3.15. The number of nitrogens with zero attached hydrogens (tertiary/aromatic N) is 1. The average molecular weight is 417 g/mol. The second-order valence-electron chi connectivity index (χ2n) is 6.20. The van der Waals surface area contributed by atoms with Gasteiger partial charge in [-0.3, -0.25) is 4.79 Å². The molecular weight excluding hydrogens is 396 g/mol. The van der Waals surface area contributed by atoms with Crippen LogP contribution in [0.15, 0.2) is 58.8 Å². The molecule has 0 radical (unpaired) electrons. The SMILES string of the molecule is COc1ccc(-c2csc(NC(=O)CCS(=O)(=O)c3ccc(C)cc3)n2)cc1. The van der Waals surface area contributed by atoms with Crippen molar-refractivity contribution in [3.63, 3.8) is 0 Å². The van der Waals surface area contributed by atoms with Crippen molar-refractivity contribution in [1.82, 2.24) is 4.98 Å². The van der Waals surface area contributed by atoms with E-state index in [-0.39, 0.29) is 23.0 Å². The predicted molar refractivity (Wildman–Crippen MR) is 111 cm³/mol. The molecule has 1 N–H and O–H groups in total. The van der Waals surface area contributed by atoms with Crippen LogP contribution in [-0.2, 0) is 14.6 Å². The smallest absolute Gasteiger partial charge is 0.227 e. The maximum Gasteiger partial charge on any atom is 0.227 e. The van der Waals surface area contributed by atoms with E-state index in [4.69, 9.17) is 4.74 Å². The molecule has 28 heavy (non-hydrogen) atoms. The summed E-state index contributed by atoms with van der Waals surface area (Å²) in [7, 11) is -1.90. The fourth-order valence-electron chi connectivity index (χ4n) is 2.50. The van der Waals surface area contributed by atoms with Crippen LogP contribution in [0.1, 0.15) is 12.0 Å². The van der Waals surface area contributed by atoms with Crippen molar-refractivity contribution < 1.29 is 17.9 Å². The molecule has 0 aliphatic heterocycles. The highest BCUT2D eigenvalue weighted by Crippen LogP contribution is 2.26. The first-order chi connectivity index (χ1) is 13.4. The summed E-state index contributed by atoms with van der Waals surface area (Å²) >= 11 is 1.29. The number of nitrogens with one attached hydrogen (secondary N) is 1. The van der Waals surface area contributed by atoms with Crippen LogP contribution < -0.4 is 10.1 Å². The summed E-state index contributed by atoms with van der Waals surface area (Å²) < 4.78 is 29.8. The maximum atomic E-state index is 12.3.